The molecule has 4 aliphatic heterocycles. The largest absolute Gasteiger partial charge is 0.397 e. The van der Waals surface area contributed by atoms with Gasteiger partial charge in [0.25, 0.3) is 0 Å². The van der Waals surface area contributed by atoms with E-state index in [9.17, 15) is 14.4 Å². The van der Waals surface area contributed by atoms with Gasteiger partial charge in [-0.25, -0.2) is 9.97 Å². The van der Waals surface area contributed by atoms with E-state index in [0.717, 1.165) is 139 Å². The fourth-order valence-corrected chi connectivity index (χ4v) is 10.9. The number of hydrogen-bond acceptors (Lipinski definition) is 12. The number of nitrogens with one attached hydrogen (secondary N) is 2. The van der Waals surface area contributed by atoms with Gasteiger partial charge in [-0.3, -0.25) is 24.6 Å². The van der Waals surface area contributed by atoms with E-state index >= 15 is 0 Å². The third-order valence-electron chi connectivity index (χ3n) is 13.8. The SMILES string of the molecule is CC1(NCC2CCC(C(=O)N3CCN(CC4CCN(c5cccc(C6CCC(=O)NC6=O)c5)CC4)CC3)CC2)CCN(c2cnc(Sc3cccc(N)c3Cl)c(N)n2)CC1. The van der Waals surface area contributed by atoms with Gasteiger partial charge < -0.3 is 31.5 Å². The van der Waals surface area contributed by atoms with Crippen molar-refractivity contribution >= 4 is 64.1 Å². The molecule has 5 heterocycles. The molecule has 13 nitrogen and oxygen atoms in total. The number of halogens is 1. The first-order chi connectivity index (χ1) is 29.0. The molecular weight excluding hydrogens is 796 g/mol. The zero-order valence-electron chi connectivity index (χ0n) is 34.9. The highest BCUT2D eigenvalue weighted by Gasteiger charge is 2.35. The van der Waals surface area contributed by atoms with E-state index in [1.807, 2.05) is 24.3 Å². The van der Waals surface area contributed by atoms with E-state index in [0.29, 0.717) is 52.1 Å². The maximum absolute atomic E-state index is 13.7. The average Bonchev–Trinajstić information content (AvgIpc) is 3.26. The Kier molecular flexibility index (Phi) is 13.4. The number of aromatic nitrogens is 2. The van der Waals surface area contributed by atoms with Crippen molar-refractivity contribution in [2.45, 2.75) is 92.5 Å². The molecule has 3 aromatic rings. The van der Waals surface area contributed by atoms with Gasteiger partial charge in [-0.15, -0.1) is 0 Å². The van der Waals surface area contributed by atoms with Crippen molar-refractivity contribution in [3.05, 3.63) is 59.2 Å². The molecule has 8 rings (SSSR count). The van der Waals surface area contributed by atoms with Crippen molar-refractivity contribution in [1.29, 1.82) is 0 Å². The average molecular weight is 858 g/mol. The number of carbonyl (C=O) groups is 3. The Morgan fingerprint density at radius 2 is 1.63 bits per heavy atom. The van der Waals surface area contributed by atoms with E-state index in [1.165, 1.54) is 11.8 Å². The van der Waals surface area contributed by atoms with Crippen LogP contribution < -0.4 is 31.9 Å². The van der Waals surface area contributed by atoms with Crippen molar-refractivity contribution < 1.29 is 14.4 Å². The Balaban J connectivity index is 0.711. The number of benzene rings is 2. The molecule has 0 bridgehead atoms. The van der Waals surface area contributed by atoms with Gasteiger partial charge in [0.15, 0.2) is 5.82 Å². The Bertz CT molecular complexity index is 2010. The Hall–Kier alpha value is -4.11. The van der Waals surface area contributed by atoms with Crippen molar-refractivity contribution in [1.82, 2.24) is 30.4 Å². The van der Waals surface area contributed by atoms with Gasteiger partial charge in [0, 0.05) is 87.4 Å². The summed E-state index contributed by atoms with van der Waals surface area (Å²) in [4.78, 5) is 57.3. The number of piperazine rings is 1. The van der Waals surface area contributed by atoms with Gasteiger partial charge in [0.1, 0.15) is 10.8 Å². The molecule has 1 aromatic heterocycles. The van der Waals surface area contributed by atoms with Crippen LogP contribution in [0.3, 0.4) is 0 Å². The van der Waals surface area contributed by atoms with Crippen LogP contribution in [0.4, 0.5) is 23.0 Å². The second-order valence-electron chi connectivity index (χ2n) is 18.0. The lowest BCUT2D eigenvalue weighted by atomic mass is 9.80. The summed E-state index contributed by atoms with van der Waals surface area (Å²) in [6.07, 6.45) is 11.2. The molecule has 0 radical (unpaired) electrons. The second kappa shape index (κ2) is 18.9. The summed E-state index contributed by atoms with van der Waals surface area (Å²) in [5.41, 5.74) is 15.1. The van der Waals surface area contributed by atoms with Crippen LogP contribution in [-0.4, -0.2) is 108 Å². The molecular formula is C45H61ClN10O3S. The van der Waals surface area contributed by atoms with E-state index in [1.54, 1.807) is 12.3 Å². The fourth-order valence-electron chi connectivity index (χ4n) is 9.83. The van der Waals surface area contributed by atoms with Crippen molar-refractivity contribution in [2.75, 3.05) is 86.7 Å². The predicted molar refractivity (Wildman–Crippen MR) is 239 cm³/mol. The molecule has 1 saturated carbocycles. The minimum Gasteiger partial charge on any atom is -0.397 e. The van der Waals surface area contributed by atoms with Gasteiger partial charge >= 0.3 is 0 Å². The highest BCUT2D eigenvalue weighted by molar-refractivity contribution is 7.99. The van der Waals surface area contributed by atoms with Crippen LogP contribution in [0.25, 0.3) is 0 Å². The number of nitrogens with zero attached hydrogens (tertiary/aromatic N) is 6. The fraction of sp³-hybridized carbons (Fsp3) is 0.578. The summed E-state index contributed by atoms with van der Waals surface area (Å²) >= 11 is 7.75. The van der Waals surface area contributed by atoms with Gasteiger partial charge in [-0.05, 0) is 113 Å². The van der Waals surface area contributed by atoms with Crippen LogP contribution in [0.5, 0.6) is 0 Å². The smallest absolute Gasteiger partial charge is 0.234 e. The van der Waals surface area contributed by atoms with E-state index in [-0.39, 0.29) is 29.2 Å². The van der Waals surface area contributed by atoms with Crippen LogP contribution in [0.1, 0.15) is 82.6 Å². The first-order valence-corrected chi connectivity index (χ1v) is 23.2. The number of hydrogen-bond donors (Lipinski definition) is 4. The molecule has 3 amide bonds. The number of carbonyl (C=O) groups excluding carboxylic acids is 3. The maximum Gasteiger partial charge on any atom is 0.234 e. The number of amides is 3. The summed E-state index contributed by atoms with van der Waals surface area (Å²) in [6.45, 7) is 11.8. The standard InChI is InChI=1S/C45H61ClN10O3S/c1-45(16-20-55(21-17-45)38-28-49-43(41(48)51-38)60-37-7-3-6-36(47)40(37)46)50-27-30-8-10-32(11-9-30)44(59)56-24-22-53(23-25-56)29-31-14-18-54(19-15-31)34-5-2-4-33(26-34)35-12-13-39(57)52-42(35)58/h2-7,26,28,30-32,35,50H,8-25,27,29,47H2,1H3,(H2,48,51)(H,52,57,58). The zero-order chi connectivity index (χ0) is 41.8. The van der Waals surface area contributed by atoms with Crippen LogP contribution in [-0.2, 0) is 14.4 Å². The molecule has 15 heteroatoms. The van der Waals surface area contributed by atoms with E-state index in [4.69, 9.17) is 28.1 Å². The van der Waals surface area contributed by atoms with Crippen molar-refractivity contribution in [3.63, 3.8) is 0 Å². The number of anilines is 4. The molecule has 5 aliphatic rings. The zero-order valence-corrected chi connectivity index (χ0v) is 36.5. The summed E-state index contributed by atoms with van der Waals surface area (Å²) in [6, 6.07) is 13.9. The Labute approximate surface area is 363 Å². The number of nitrogen functional groups attached to an aromatic ring is 2. The van der Waals surface area contributed by atoms with Gasteiger partial charge in [0.2, 0.25) is 17.7 Å². The molecule has 5 fully saturated rings. The molecule has 0 spiro atoms. The Morgan fingerprint density at radius 3 is 2.35 bits per heavy atom. The van der Waals surface area contributed by atoms with E-state index < -0.39 is 0 Å². The van der Waals surface area contributed by atoms with Gasteiger partial charge in [0.05, 0.1) is 22.8 Å². The lowest BCUT2D eigenvalue weighted by Gasteiger charge is -2.42. The Morgan fingerprint density at radius 1 is 0.900 bits per heavy atom. The highest BCUT2D eigenvalue weighted by Crippen LogP contribution is 2.38. The summed E-state index contributed by atoms with van der Waals surface area (Å²) < 4.78 is 0. The van der Waals surface area contributed by atoms with Crippen LogP contribution in [0.15, 0.2) is 58.6 Å². The lowest BCUT2D eigenvalue weighted by Crippen LogP contribution is -2.53. The number of imide groups is 1. The first-order valence-electron chi connectivity index (χ1n) is 22.0. The lowest BCUT2D eigenvalue weighted by molar-refractivity contribution is -0.139. The third-order valence-corrected chi connectivity index (χ3v) is 15.4. The first kappa shape index (κ1) is 42.6. The van der Waals surface area contributed by atoms with Gasteiger partial charge in [-0.2, -0.15) is 0 Å². The van der Waals surface area contributed by atoms with Crippen LogP contribution in [0, 0.1) is 17.8 Å². The molecule has 1 unspecified atom stereocenters. The van der Waals surface area contributed by atoms with E-state index in [2.05, 4.69) is 54.3 Å². The predicted octanol–water partition coefficient (Wildman–Crippen LogP) is 5.78. The quantitative estimate of drug-likeness (QED) is 0.136. The molecule has 6 N–H and O–H groups in total. The third kappa shape index (κ3) is 10.1. The molecule has 60 heavy (non-hydrogen) atoms. The van der Waals surface area contributed by atoms with Crippen LogP contribution in [0.2, 0.25) is 5.02 Å². The number of rotatable bonds is 11. The monoisotopic (exact) mass is 856 g/mol. The number of nitrogens with two attached hydrogens (primary N) is 2. The molecule has 1 atom stereocenters. The topological polar surface area (TPSA) is 166 Å². The highest BCUT2D eigenvalue weighted by atomic mass is 35.5. The number of piperidine rings is 3. The van der Waals surface area contributed by atoms with Crippen molar-refractivity contribution in [2.24, 2.45) is 17.8 Å². The second-order valence-corrected chi connectivity index (χ2v) is 19.4. The maximum atomic E-state index is 13.7. The molecule has 2 aromatic carbocycles. The summed E-state index contributed by atoms with van der Waals surface area (Å²) in [5.74, 6) is 2.36. The molecule has 322 valence electrons. The molecule has 4 saturated heterocycles. The summed E-state index contributed by atoms with van der Waals surface area (Å²) in [5, 5.41) is 7.54. The minimum absolute atomic E-state index is 0.0595. The minimum atomic E-state index is -0.254. The van der Waals surface area contributed by atoms with Crippen molar-refractivity contribution in [3.8, 4) is 0 Å². The normalized spacial score (nSPS) is 24.4. The summed E-state index contributed by atoms with van der Waals surface area (Å²) in [7, 11) is 0. The van der Waals surface area contributed by atoms with Gasteiger partial charge in [-0.1, -0.05) is 41.6 Å². The van der Waals surface area contributed by atoms with Crippen LogP contribution >= 0.6 is 23.4 Å². The molecule has 1 aliphatic carbocycles.